The van der Waals surface area contributed by atoms with Crippen LogP contribution in [0.15, 0.2) is 17.3 Å². The molecule has 0 bridgehead atoms. The molecule has 0 saturated heterocycles. The van der Waals surface area contributed by atoms with E-state index in [1.807, 2.05) is 14.0 Å². The van der Waals surface area contributed by atoms with Crippen molar-refractivity contribution < 1.29 is 0 Å². The molecule has 0 fully saturated rings. The van der Waals surface area contributed by atoms with Gasteiger partial charge in [-0.3, -0.25) is 14.0 Å². The highest BCUT2D eigenvalue weighted by atomic mass is 16.1. The summed E-state index contributed by atoms with van der Waals surface area (Å²) in [4.78, 5) is 16.3. The van der Waals surface area contributed by atoms with Gasteiger partial charge in [-0.2, -0.15) is 5.10 Å². The molecule has 2 rings (SSSR count). The lowest BCUT2D eigenvalue weighted by atomic mass is 10.3. The lowest BCUT2D eigenvalue weighted by Gasteiger charge is -2.11. The third-order valence-electron chi connectivity index (χ3n) is 2.68. The van der Waals surface area contributed by atoms with E-state index in [1.165, 1.54) is 0 Å². The fourth-order valence-electron chi connectivity index (χ4n) is 1.58. The topological polar surface area (TPSA) is 64.7 Å². The quantitative estimate of drug-likeness (QED) is 0.775. The number of hydrogen-bond donors (Lipinski definition) is 1. The molecule has 0 aliphatic rings. The van der Waals surface area contributed by atoms with Crippen molar-refractivity contribution in [1.82, 2.24) is 24.6 Å². The van der Waals surface area contributed by atoms with Crippen LogP contribution in [0.2, 0.25) is 0 Å². The molecule has 0 aliphatic carbocycles. The second-order valence-corrected chi connectivity index (χ2v) is 3.90. The van der Waals surface area contributed by atoms with E-state index in [0.717, 1.165) is 0 Å². The summed E-state index contributed by atoms with van der Waals surface area (Å²) < 4.78 is 3.20. The van der Waals surface area contributed by atoms with Crippen LogP contribution in [0.1, 0.15) is 6.92 Å². The summed E-state index contributed by atoms with van der Waals surface area (Å²) >= 11 is 0. The third kappa shape index (κ3) is 1.71. The zero-order chi connectivity index (χ0) is 11.7. The summed E-state index contributed by atoms with van der Waals surface area (Å²) in [6, 6.07) is 0.230. The van der Waals surface area contributed by atoms with Gasteiger partial charge in [0.05, 0.1) is 6.20 Å². The molecule has 0 aliphatic heterocycles. The van der Waals surface area contributed by atoms with Crippen LogP contribution in [0.4, 0.5) is 0 Å². The molecule has 0 amide bonds. The molecular weight excluding hydrogens is 206 g/mol. The Bertz CT molecular complexity index is 556. The average Bonchev–Trinajstić information content (AvgIpc) is 2.65. The summed E-state index contributed by atoms with van der Waals surface area (Å²) in [6.45, 7) is 2.62. The molecule has 0 spiro atoms. The number of aromatic nitrogens is 4. The smallest absolute Gasteiger partial charge is 0.264 e. The molecule has 2 aromatic heterocycles. The number of likely N-dealkylation sites (N-methyl/N-ethyl adjacent to an activating group) is 1. The van der Waals surface area contributed by atoms with Gasteiger partial charge in [-0.15, -0.1) is 0 Å². The van der Waals surface area contributed by atoms with Crippen LogP contribution in [0.5, 0.6) is 0 Å². The van der Waals surface area contributed by atoms with Gasteiger partial charge in [0.2, 0.25) is 0 Å². The average molecular weight is 221 g/mol. The lowest BCUT2D eigenvalue weighted by Crippen LogP contribution is -2.32. The minimum atomic E-state index is -0.0415. The number of hydrogen-bond acceptors (Lipinski definition) is 4. The van der Waals surface area contributed by atoms with E-state index < -0.39 is 0 Å². The van der Waals surface area contributed by atoms with Crippen LogP contribution in [-0.4, -0.2) is 32.4 Å². The first kappa shape index (κ1) is 10.8. The minimum absolute atomic E-state index is 0.0415. The van der Waals surface area contributed by atoms with Crippen molar-refractivity contribution in [3.63, 3.8) is 0 Å². The molecule has 2 heterocycles. The summed E-state index contributed by atoms with van der Waals surface area (Å²) in [5, 5.41) is 7.67. The van der Waals surface area contributed by atoms with Gasteiger partial charge < -0.3 is 5.32 Å². The van der Waals surface area contributed by atoms with Crippen molar-refractivity contribution in [2.75, 3.05) is 7.05 Å². The highest BCUT2D eigenvalue weighted by Crippen LogP contribution is 2.03. The monoisotopic (exact) mass is 221 g/mol. The molecule has 0 aromatic carbocycles. The molecule has 1 N–H and O–H groups in total. The Kier molecular flexibility index (Phi) is 2.74. The largest absolute Gasteiger partial charge is 0.315 e. The highest BCUT2D eigenvalue weighted by molar-refractivity contribution is 5.72. The third-order valence-corrected chi connectivity index (χ3v) is 2.68. The van der Waals surface area contributed by atoms with E-state index in [1.54, 1.807) is 28.8 Å². The van der Waals surface area contributed by atoms with Crippen molar-refractivity contribution in [1.29, 1.82) is 0 Å². The lowest BCUT2D eigenvalue weighted by molar-refractivity contribution is 0.503. The van der Waals surface area contributed by atoms with Crippen LogP contribution < -0.4 is 10.9 Å². The Hall–Kier alpha value is -1.69. The minimum Gasteiger partial charge on any atom is -0.315 e. The zero-order valence-corrected chi connectivity index (χ0v) is 9.64. The number of aryl methyl sites for hydroxylation is 1. The van der Waals surface area contributed by atoms with Gasteiger partial charge in [0.15, 0.2) is 5.65 Å². The Morgan fingerprint density at radius 1 is 1.56 bits per heavy atom. The highest BCUT2D eigenvalue weighted by Gasteiger charge is 2.09. The molecule has 1 atom stereocenters. The SMILES string of the molecule is CNC(C)Cn1cnc2c(cnn2C)c1=O. The molecule has 6 heteroatoms. The molecule has 6 nitrogen and oxygen atoms in total. The molecular formula is C10H15N5O. The summed E-state index contributed by atoms with van der Waals surface area (Å²) in [5.41, 5.74) is 0.582. The Labute approximate surface area is 92.9 Å². The Morgan fingerprint density at radius 3 is 3.00 bits per heavy atom. The van der Waals surface area contributed by atoms with Gasteiger partial charge >= 0.3 is 0 Å². The summed E-state index contributed by atoms with van der Waals surface area (Å²) in [5.74, 6) is 0. The summed E-state index contributed by atoms with van der Waals surface area (Å²) in [7, 11) is 3.64. The number of nitrogens with zero attached hydrogens (tertiary/aromatic N) is 4. The van der Waals surface area contributed by atoms with Gasteiger partial charge in [0, 0.05) is 19.6 Å². The van der Waals surface area contributed by atoms with Crippen LogP contribution in [0, 0.1) is 0 Å². The number of nitrogens with one attached hydrogen (secondary N) is 1. The van der Waals surface area contributed by atoms with Gasteiger partial charge in [-0.25, -0.2) is 4.98 Å². The number of fused-ring (bicyclic) bond motifs is 1. The van der Waals surface area contributed by atoms with E-state index in [0.29, 0.717) is 17.6 Å². The van der Waals surface area contributed by atoms with E-state index in [-0.39, 0.29) is 11.6 Å². The fraction of sp³-hybridized carbons (Fsp3) is 0.500. The second-order valence-electron chi connectivity index (χ2n) is 3.90. The van der Waals surface area contributed by atoms with Crippen LogP contribution in [0.3, 0.4) is 0 Å². The van der Waals surface area contributed by atoms with Crippen LogP contribution in [-0.2, 0) is 13.6 Å². The summed E-state index contributed by atoms with van der Waals surface area (Å²) in [6.07, 6.45) is 3.13. The van der Waals surface area contributed by atoms with Gasteiger partial charge in [-0.1, -0.05) is 0 Å². The molecule has 0 saturated carbocycles. The van der Waals surface area contributed by atoms with E-state index in [4.69, 9.17) is 0 Å². The Balaban J connectivity index is 2.49. The molecule has 16 heavy (non-hydrogen) atoms. The molecule has 86 valence electrons. The zero-order valence-electron chi connectivity index (χ0n) is 9.64. The maximum atomic E-state index is 12.0. The number of rotatable bonds is 3. The first-order valence-electron chi connectivity index (χ1n) is 5.18. The van der Waals surface area contributed by atoms with Gasteiger partial charge in [0.1, 0.15) is 11.7 Å². The van der Waals surface area contributed by atoms with E-state index in [2.05, 4.69) is 15.4 Å². The normalized spacial score (nSPS) is 13.2. The second kappa shape index (κ2) is 4.05. The van der Waals surface area contributed by atoms with Crippen molar-refractivity contribution in [2.45, 2.75) is 19.5 Å². The maximum Gasteiger partial charge on any atom is 0.264 e. The van der Waals surface area contributed by atoms with E-state index >= 15 is 0 Å². The van der Waals surface area contributed by atoms with Crippen molar-refractivity contribution in [2.24, 2.45) is 7.05 Å². The van der Waals surface area contributed by atoms with Crippen molar-refractivity contribution >= 4 is 11.0 Å². The fourth-order valence-corrected chi connectivity index (χ4v) is 1.58. The molecule has 1 unspecified atom stereocenters. The first-order chi connectivity index (χ1) is 7.63. The standard InChI is InChI=1S/C10H15N5O/c1-7(11-2)5-15-6-12-9-8(10(15)16)4-13-14(9)3/h4,6-7,11H,5H2,1-3H3. The van der Waals surface area contributed by atoms with Gasteiger partial charge in [0.25, 0.3) is 5.56 Å². The van der Waals surface area contributed by atoms with Crippen LogP contribution in [0.25, 0.3) is 11.0 Å². The Morgan fingerprint density at radius 2 is 2.31 bits per heavy atom. The van der Waals surface area contributed by atoms with Gasteiger partial charge in [-0.05, 0) is 14.0 Å². The molecule has 2 aromatic rings. The first-order valence-corrected chi connectivity index (χ1v) is 5.18. The predicted molar refractivity (Wildman–Crippen MR) is 61.3 cm³/mol. The van der Waals surface area contributed by atoms with Crippen molar-refractivity contribution in [3.05, 3.63) is 22.9 Å². The van der Waals surface area contributed by atoms with Crippen LogP contribution >= 0.6 is 0 Å². The van der Waals surface area contributed by atoms with Crippen molar-refractivity contribution in [3.8, 4) is 0 Å². The van der Waals surface area contributed by atoms with E-state index in [9.17, 15) is 4.79 Å². The maximum absolute atomic E-state index is 12.0. The predicted octanol–water partition coefficient (Wildman–Crippen LogP) is -0.262. The molecule has 0 radical (unpaired) electrons.